The predicted molar refractivity (Wildman–Crippen MR) is 102 cm³/mol. The fraction of sp³-hybridized carbons (Fsp3) is 0.412. The maximum Gasteiger partial charge on any atom is 0.211 e. The van der Waals surface area contributed by atoms with E-state index in [1.807, 2.05) is 26.0 Å². The van der Waals surface area contributed by atoms with Crippen molar-refractivity contribution in [2.45, 2.75) is 36.1 Å². The Labute approximate surface area is 154 Å². The van der Waals surface area contributed by atoms with Gasteiger partial charge in [0, 0.05) is 6.54 Å². The Kier molecular flexibility index (Phi) is 6.79. The van der Waals surface area contributed by atoms with Gasteiger partial charge in [0.15, 0.2) is 9.84 Å². The van der Waals surface area contributed by atoms with Crippen molar-refractivity contribution in [3.8, 4) is 0 Å². The van der Waals surface area contributed by atoms with E-state index in [2.05, 4.69) is 4.72 Å². The summed E-state index contributed by atoms with van der Waals surface area (Å²) in [5.74, 6) is 0.00314. The van der Waals surface area contributed by atoms with Crippen LogP contribution in [0, 0.1) is 6.92 Å². The van der Waals surface area contributed by atoms with Crippen molar-refractivity contribution in [1.82, 2.24) is 4.72 Å². The fourth-order valence-corrected chi connectivity index (χ4v) is 6.57. The highest BCUT2D eigenvalue weighted by atomic mass is 32.2. The highest BCUT2D eigenvalue weighted by molar-refractivity contribution is 7.93. The zero-order valence-electron chi connectivity index (χ0n) is 14.3. The number of benzene rings is 1. The first kappa shape index (κ1) is 20.1. The Balaban J connectivity index is 2.32. The number of sulfonamides is 1. The van der Waals surface area contributed by atoms with Crippen LogP contribution in [0.4, 0.5) is 0 Å². The summed E-state index contributed by atoms with van der Waals surface area (Å²) in [6, 6.07) is 10.4. The van der Waals surface area contributed by atoms with Gasteiger partial charge in [-0.15, -0.1) is 11.3 Å². The van der Waals surface area contributed by atoms with E-state index in [0.29, 0.717) is 12.0 Å². The van der Waals surface area contributed by atoms with Gasteiger partial charge >= 0.3 is 0 Å². The molecule has 2 aromatic rings. The van der Waals surface area contributed by atoms with Gasteiger partial charge in [-0.3, -0.25) is 0 Å². The van der Waals surface area contributed by atoms with Crippen molar-refractivity contribution < 1.29 is 16.8 Å². The first-order chi connectivity index (χ1) is 11.8. The topological polar surface area (TPSA) is 80.3 Å². The van der Waals surface area contributed by atoms with Crippen LogP contribution in [0.3, 0.4) is 0 Å². The van der Waals surface area contributed by atoms with Crippen LogP contribution in [0.1, 0.15) is 36.1 Å². The molecule has 0 saturated heterocycles. The standard InChI is InChI=1S/C17H23NO4S3/c1-3-4-12-24(19,20)18-13-16(15-9-7-14(2)8-10-15)25(21,22)17-6-5-11-23-17/h5-11,16,18H,3-4,12-13H2,1-2H3/t16-/m1/s1. The highest BCUT2D eigenvalue weighted by Gasteiger charge is 2.31. The molecule has 0 radical (unpaired) electrons. The van der Waals surface area contributed by atoms with Crippen LogP contribution in [-0.2, 0) is 19.9 Å². The molecule has 0 aliphatic carbocycles. The van der Waals surface area contributed by atoms with Gasteiger partial charge in [0.25, 0.3) is 0 Å². The number of thiophene rings is 1. The van der Waals surface area contributed by atoms with Crippen molar-refractivity contribution in [2.24, 2.45) is 0 Å². The molecule has 1 heterocycles. The maximum atomic E-state index is 13.0. The van der Waals surface area contributed by atoms with E-state index in [0.717, 1.165) is 23.3 Å². The molecule has 5 nitrogen and oxygen atoms in total. The molecule has 0 aliphatic rings. The van der Waals surface area contributed by atoms with Crippen LogP contribution >= 0.6 is 11.3 Å². The number of unbranched alkanes of at least 4 members (excludes halogenated alkanes) is 1. The van der Waals surface area contributed by atoms with Gasteiger partial charge in [0.05, 0.1) is 5.75 Å². The molecule has 138 valence electrons. The van der Waals surface area contributed by atoms with E-state index in [1.54, 1.807) is 29.6 Å². The summed E-state index contributed by atoms with van der Waals surface area (Å²) in [7, 11) is -7.17. The first-order valence-electron chi connectivity index (χ1n) is 8.07. The molecule has 0 fully saturated rings. The zero-order valence-corrected chi connectivity index (χ0v) is 16.8. The molecule has 0 bridgehead atoms. The lowest BCUT2D eigenvalue weighted by atomic mass is 10.1. The van der Waals surface area contributed by atoms with E-state index >= 15 is 0 Å². The van der Waals surface area contributed by atoms with Gasteiger partial charge in [-0.1, -0.05) is 49.2 Å². The average molecular weight is 402 g/mol. The monoisotopic (exact) mass is 401 g/mol. The minimum absolute atomic E-state index is 0.00314. The summed E-state index contributed by atoms with van der Waals surface area (Å²) in [5.41, 5.74) is 1.59. The lowest BCUT2D eigenvalue weighted by molar-refractivity contribution is 0.568. The third-order valence-electron chi connectivity index (χ3n) is 3.85. The molecule has 0 unspecified atom stereocenters. The second-order valence-corrected chi connectivity index (χ2v) is 11.1. The van der Waals surface area contributed by atoms with Crippen molar-refractivity contribution in [2.75, 3.05) is 12.3 Å². The van der Waals surface area contributed by atoms with Crippen molar-refractivity contribution >= 4 is 31.2 Å². The lowest BCUT2D eigenvalue weighted by Gasteiger charge is -2.18. The Bertz CT molecular complexity index is 870. The van der Waals surface area contributed by atoms with Gasteiger partial charge < -0.3 is 0 Å². The largest absolute Gasteiger partial charge is 0.222 e. The fourth-order valence-electron chi connectivity index (χ4n) is 2.36. The van der Waals surface area contributed by atoms with Crippen LogP contribution in [0.15, 0.2) is 46.0 Å². The molecule has 0 spiro atoms. The molecule has 1 atom stereocenters. The normalized spacial score (nSPS) is 13.7. The van der Waals surface area contributed by atoms with Gasteiger partial charge in [0.2, 0.25) is 10.0 Å². The summed E-state index contributed by atoms with van der Waals surface area (Å²) in [5, 5.41) is 0.743. The number of hydrogen-bond donors (Lipinski definition) is 1. The van der Waals surface area contributed by atoms with E-state index in [4.69, 9.17) is 0 Å². The Morgan fingerprint density at radius 3 is 2.32 bits per heavy atom. The molecule has 0 saturated carbocycles. The molecule has 1 aromatic heterocycles. The Hall–Kier alpha value is -1.22. The molecule has 8 heteroatoms. The summed E-state index contributed by atoms with van der Waals surface area (Å²) >= 11 is 1.14. The smallest absolute Gasteiger partial charge is 0.211 e. The number of rotatable bonds is 9. The maximum absolute atomic E-state index is 13.0. The zero-order chi connectivity index (χ0) is 18.5. The summed E-state index contributed by atoms with van der Waals surface area (Å²) in [6.07, 6.45) is 1.30. The Morgan fingerprint density at radius 1 is 1.08 bits per heavy atom. The van der Waals surface area contributed by atoms with Crippen LogP contribution in [0.5, 0.6) is 0 Å². The average Bonchev–Trinajstić information content (AvgIpc) is 3.10. The summed E-state index contributed by atoms with van der Waals surface area (Å²) in [6.45, 7) is 3.65. The van der Waals surface area contributed by atoms with Crippen molar-refractivity contribution in [3.05, 3.63) is 52.9 Å². The van der Waals surface area contributed by atoms with Crippen LogP contribution in [0.2, 0.25) is 0 Å². The SMILES string of the molecule is CCCCS(=O)(=O)NC[C@H](c1ccc(C)cc1)S(=O)(=O)c1cccs1. The minimum Gasteiger partial charge on any atom is -0.222 e. The highest BCUT2D eigenvalue weighted by Crippen LogP contribution is 2.31. The van der Waals surface area contributed by atoms with Crippen molar-refractivity contribution in [3.63, 3.8) is 0 Å². The third-order valence-corrected chi connectivity index (χ3v) is 8.82. The second-order valence-electron chi connectivity index (χ2n) is 5.90. The molecular formula is C17H23NO4S3. The van der Waals surface area contributed by atoms with E-state index < -0.39 is 25.1 Å². The van der Waals surface area contributed by atoms with Gasteiger partial charge in [0.1, 0.15) is 9.46 Å². The third kappa shape index (κ3) is 5.37. The van der Waals surface area contributed by atoms with Crippen molar-refractivity contribution in [1.29, 1.82) is 0 Å². The lowest BCUT2D eigenvalue weighted by Crippen LogP contribution is -2.33. The summed E-state index contributed by atoms with van der Waals surface area (Å²) < 4.78 is 52.9. The van der Waals surface area contributed by atoms with Gasteiger partial charge in [-0.25, -0.2) is 21.6 Å². The quantitative estimate of drug-likeness (QED) is 0.699. The molecular weight excluding hydrogens is 378 g/mol. The van der Waals surface area contributed by atoms with Crippen LogP contribution < -0.4 is 4.72 Å². The van der Waals surface area contributed by atoms with E-state index in [1.165, 1.54) is 0 Å². The van der Waals surface area contributed by atoms with Crippen LogP contribution in [-0.4, -0.2) is 29.1 Å². The van der Waals surface area contributed by atoms with E-state index in [9.17, 15) is 16.8 Å². The first-order valence-corrected chi connectivity index (χ1v) is 12.2. The second kappa shape index (κ2) is 8.44. The molecule has 25 heavy (non-hydrogen) atoms. The van der Waals surface area contributed by atoms with Gasteiger partial charge in [-0.05, 0) is 30.4 Å². The molecule has 1 N–H and O–H groups in total. The molecule has 1 aromatic carbocycles. The molecule has 0 aliphatic heterocycles. The predicted octanol–water partition coefficient (Wildman–Crippen LogP) is 3.29. The number of sulfone groups is 1. The van der Waals surface area contributed by atoms with E-state index in [-0.39, 0.29) is 16.5 Å². The summed E-state index contributed by atoms with van der Waals surface area (Å²) in [4.78, 5) is 0. The number of hydrogen-bond acceptors (Lipinski definition) is 5. The Morgan fingerprint density at radius 2 is 1.76 bits per heavy atom. The van der Waals surface area contributed by atoms with Gasteiger partial charge in [-0.2, -0.15) is 0 Å². The minimum atomic E-state index is -3.67. The molecule has 0 amide bonds. The van der Waals surface area contributed by atoms with Crippen LogP contribution in [0.25, 0.3) is 0 Å². The number of aryl methyl sites for hydroxylation is 1. The molecule has 2 rings (SSSR count). The number of nitrogens with one attached hydrogen (secondary N) is 1.